The number of β-amino-alcohol motifs (C(OH)–C–C–N with tert-alkyl or cyclic N) is 2. The molecule has 6 unspecified atom stereocenters. The van der Waals surface area contributed by atoms with E-state index < -0.39 is 16.8 Å². The number of methoxy groups -OCH3 is 6. The first-order valence-electron chi connectivity index (χ1n) is 15.0. The number of nitrogens with one attached hydrogen (secondary N) is 1. The SMILES string of the molecule is COC(C)C(C)(O)C(C)OC.COC(C)C(O)(CN1CCNCCN(CC(O)(C(C)OC)C(C)OC)CC1)C(C)OC. The summed E-state index contributed by atoms with van der Waals surface area (Å²) in [5.41, 5.74) is -3.21. The predicted octanol–water partition coefficient (Wildman–Crippen LogP) is 0.603. The van der Waals surface area contributed by atoms with Crippen LogP contribution in [0, 0.1) is 0 Å². The minimum Gasteiger partial charge on any atom is -0.385 e. The van der Waals surface area contributed by atoms with Gasteiger partial charge in [0, 0.05) is 95.0 Å². The molecule has 1 rings (SSSR count). The Morgan fingerprint density at radius 3 is 1.02 bits per heavy atom. The van der Waals surface area contributed by atoms with Crippen LogP contribution in [0.5, 0.6) is 0 Å². The Labute approximate surface area is 255 Å². The maximum atomic E-state index is 11.4. The van der Waals surface area contributed by atoms with Gasteiger partial charge in [0.2, 0.25) is 0 Å². The zero-order valence-electron chi connectivity index (χ0n) is 28.8. The normalized spacial score (nSPS) is 24.6. The van der Waals surface area contributed by atoms with Crippen molar-refractivity contribution in [3.05, 3.63) is 0 Å². The third-order valence-corrected chi connectivity index (χ3v) is 9.48. The maximum absolute atomic E-state index is 11.4. The van der Waals surface area contributed by atoms with Gasteiger partial charge in [0.1, 0.15) is 16.8 Å². The first-order valence-corrected chi connectivity index (χ1v) is 15.0. The van der Waals surface area contributed by atoms with Crippen LogP contribution < -0.4 is 5.32 Å². The fourth-order valence-electron chi connectivity index (χ4n) is 4.94. The highest BCUT2D eigenvalue weighted by molar-refractivity contribution is 4.96. The van der Waals surface area contributed by atoms with Gasteiger partial charge in [-0.25, -0.2) is 0 Å². The fourth-order valence-corrected chi connectivity index (χ4v) is 4.94. The smallest absolute Gasteiger partial charge is 0.129 e. The van der Waals surface area contributed by atoms with E-state index in [1.165, 1.54) is 0 Å². The molecular formula is C30H65N3O9. The zero-order valence-corrected chi connectivity index (χ0v) is 28.8. The van der Waals surface area contributed by atoms with Crippen molar-refractivity contribution in [1.82, 2.24) is 15.1 Å². The average Bonchev–Trinajstić information content (AvgIpc) is 3.10. The lowest BCUT2D eigenvalue weighted by atomic mass is 9.90. The van der Waals surface area contributed by atoms with Crippen LogP contribution in [0.1, 0.15) is 48.5 Å². The number of hydrogen-bond acceptors (Lipinski definition) is 12. The second-order valence-corrected chi connectivity index (χ2v) is 11.8. The van der Waals surface area contributed by atoms with Crippen LogP contribution in [0.4, 0.5) is 0 Å². The van der Waals surface area contributed by atoms with E-state index in [2.05, 4.69) is 15.1 Å². The van der Waals surface area contributed by atoms with E-state index in [0.29, 0.717) is 13.1 Å². The molecule has 1 aliphatic rings. The highest BCUT2D eigenvalue weighted by Crippen LogP contribution is 2.24. The molecule has 0 aromatic carbocycles. The fraction of sp³-hybridized carbons (Fsp3) is 1.00. The van der Waals surface area contributed by atoms with E-state index >= 15 is 0 Å². The summed E-state index contributed by atoms with van der Waals surface area (Å²) < 4.78 is 31.9. The number of aliphatic hydroxyl groups is 3. The van der Waals surface area contributed by atoms with Crippen molar-refractivity contribution in [2.75, 3.05) is 95.0 Å². The first kappa shape index (κ1) is 41.5. The highest BCUT2D eigenvalue weighted by Gasteiger charge is 2.43. The molecule has 0 amide bonds. The molecule has 1 aliphatic heterocycles. The minimum absolute atomic E-state index is 0.225. The lowest BCUT2D eigenvalue weighted by molar-refractivity contribution is -0.169. The third-order valence-electron chi connectivity index (χ3n) is 9.48. The summed E-state index contributed by atoms with van der Waals surface area (Å²) in [5, 5.41) is 36.1. The molecule has 1 heterocycles. The van der Waals surface area contributed by atoms with Gasteiger partial charge >= 0.3 is 0 Å². The van der Waals surface area contributed by atoms with Crippen molar-refractivity contribution in [3.8, 4) is 0 Å². The quantitative estimate of drug-likeness (QED) is 0.195. The molecule has 254 valence electrons. The summed E-state index contributed by atoms with van der Waals surface area (Å²) in [6.07, 6.45) is -1.97. The zero-order chi connectivity index (χ0) is 32.7. The van der Waals surface area contributed by atoms with Crippen LogP contribution in [0.25, 0.3) is 0 Å². The lowest BCUT2D eigenvalue weighted by Crippen LogP contribution is -2.60. The number of ether oxygens (including phenoxy) is 6. The van der Waals surface area contributed by atoms with Gasteiger partial charge in [-0.2, -0.15) is 0 Å². The van der Waals surface area contributed by atoms with E-state index in [0.717, 1.165) is 39.3 Å². The van der Waals surface area contributed by atoms with E-state index in [-0.39, 0.29) is 36.6 Å². The van der Waals surface area contributed by atoms with Crippen LogP contribution in [-0.4, -0.2) is 174 Å². The molecule has 12 heteroatoms. The van der Waals surface area contributed by atoms with Gasteiger partial charge in [0.25, 0.3) is 0 Å². The summed E-state index contributed by atoms with van der Waals surface area (Å²) >= 11 is 0. The minimum atomic E-state index is -1.14. The second kappa shape index (κ2) is 19.8. The molecule has 1 fully saturated rings. The van der Waals surface area contributed by atoms with Crippen LogP contribution >= 0.6 is 0 Å². The van der Waals surface area contributed by atoms with Crippen LogP contribution in [0.2, 0.25) is 0 Å². The van der Waals surface area contributed by atoms with Crippen molar-refractivity contribution in [2.45, 2.75) is 102 Å². The van der Waals surface area contributed by atoms with Gasteiger partial charge in [-0.3, -0.25) is 9.80 Å². The van der Waals surface area contributed by atoms with Gasteiger partial charge in [0.15, 0.2) is 0 Å². The van der Waals surface area contributed by atoms with E-state index in [4.69, 9.17) is 28.4 Å². The van der Waals surface area contributed by atoms with Crippen LogP contribution in [-0.2, 0) is 28.4 Å². The van der Waals surface area contributed by atoms with E-state index in [1.807, 2.05) is 41.5 Å². The Morgan fingerprint density at radius 1 is 0.524 bits per heavy atom. The Bertz CT molecular complexity index is 629. The number of hydrogen-bond donors (Lipinski definition) is 4. The predicted molar refractivity (Wildman–Crippen MR) is 165 cm³/mol. The van der Waals surface area contributed by atoms with Crippen molar-refractivity contribution in [3.63, 3.8) is 0 Å². The van der Waals surface area contributed by atoms with Crippen molar-refractivity contribution in [2.24, 2.45) is 0 Å². The Morgan fingerprint density at radius 2 is 0.786 bits per heavy atom. The number of rotatable bonds is 16. The van der Waals surface area contributed by atoms with Gasteiger partial charge in [0.05, 0.1) is 36.6 Å². The molecule has 0 aliphatic carbocycles. The van der Waals surface area contributed by atoms with E-state index in [1.54, 1.807) is 49.6 Å². The lowest BCUT2D eigenvalue weighted by Gasteiger charge is -2.42. The van der Waals surface area contributed by atoms with Gasteiger partial charge in [-0.15, -0.1) is 0 Å². The Balaban J connectivity index is 0.00000129. The summed E-state index contributed by atoms with van der Waals surface area (Å²) in [6.45, 7) is 18.4. The molecule has 0 aromatic rings. The topological polar surface area (TPSA) is 135 Å². The van der Waals surface area contributed by atoms with Crippen molar-refractivity contribution in [1.29, 1.82) is 0 Å². The molecule has 42 heavy (non-hydrogen) atoms. The summed E-state index contributed by atoms with van der Waals surface area (Å²) in [7, 11) is 9.56. The monoisotopic (exact) mass is 611 g/mol. The molecule has 6 atom stereocenters. The van der Waals surface area contributed by atoms with Gasteiger partial charge in [-0.1, -0.05) is 0 Å². The van der Waals surface area contributed by atoms with Gasteiger partial charge in [-0.05, 0) is 48.5 Å². The molecule has 4 N–H and O–H groups in total. The standard InChI is InChI=1S/C22H47N3O6.C8H18O3/c1-17(28-5)21(26,18(2)29-6)15-24-11-9-23-10-12-25(14-13-24)16-22(27,19(3)30-7)20(4)31-8;1-6(10-4)8(3,9)7(2)11-5/h17-20,23,26-27H,9-16H2,1-8H3;6-7,9H,1-5H3. The third kappa shape index (κ3) is 11.8. The summed E-state index contributed by atoms with van der Waals surface area (Å²) in [6, 6.07) is 0. The van der Waals surface area contributed by atoms with Crippen molar-refractivity contribution < 1.29 is 43.7 Å². The molecule has 0 bridgehead atoms. The maximum Gasteiger partial charge on any atom is 0.129 e. The average molecular weight is 612 g/mol. The Kier molecular flexibility index (Phi) is 19.6. The molecule has 0 saturated carbocycles. The second-order valence-electron chi connectivity index (χ2n) is 11.8. The molecule has 0 spiro atoms. The van der Waals surface area contributed by atoms with Crippen molar-refractivity contribution >= 4 is 0 Å². The molecular weight excluding hydrogens is 546 g/mol. The molecule has 0 radical (unpaired) electrons. The summed E-state index contributed by atoms with van der Waals surface area (Å²) in [4.78, 5) is 4.46. The molecule has 0 aromatic heterocycles. The highest BCUT2D eigenvalue weighted by atomic mass is 16.5. The van der Waals surface area contributed by atoms with Crippen LogP contribution in [0.15, 0.2) is 0 Å². The van der Waals surface area contributed by atoms with Gasteiger partial charge < -0.3 is 49.1 Å². The van der Waals surface area contributed by atoms with Crippen LogP contribution in [0.3, 0.4) is 0 Å². The Hall–Kier alpha value is -0.480. The van der Waals surface area contributed by atoms with E-state index in [9.17, 15) is 15.3 Å². The summed E-state index contributed by atoms with van der Waals surface area (Å²) in [5.74, 6) is 0. The number of nitrogens with zero attached hydrogens (tertiary/aromatic N) is 2. The first-order chi connectivity index (χ1) is 19.5. The largest absolute Gasteiger partial charge is 0.385 e. The molecule has 12 nitrogen and oxygen atoms in total. The molecule has 1 saturated heterocycles.